The molecule has 3 rings (SSSR count). The van der Waals surface area contributed by atoms with Crippen LogP contribution in [-0.2, 0) is 6.18 Å². The van der Waals surface area contributed by atoms with Crippen LogP contribution in [0.4, 0.5) is 23.4 Å². The van der Waals surface area contributed by atoms with Crippen molar-refractivity contribution in [2.24, 2.45) is 0 Å². The Morgan fingerprint density at radius 3 is 2.65 bits per heavy atom. The fourth-order valence-electron chi connectivity index (χ4n) is 3.28. The molecule has 0 bridgehead atoms. The van der Waals surface area contributed by atoms with Crippen molar-refractivity contribution in [3.8, 4) is 11.3 Å². The molecule has 0 amide bonds. The van der Waals surface area contributed by atoms with Gasteiger partial charge in [0.15, 0.2) is 0 Å². The number of benzene rings is 1. The Bertz CT molecular complexity index is 1120. The van der Waals surface area contributed by atoms with E-state index < -0.39 is 11.7 Å². The smallest absolute Gasteiger partial charge is 0.369 e. The van der Waals surface area contributed by atoms with E-state index >= 15 is 0 Å². The summed E-state index contributed by atoms with van der Waals surface area (Å²) in [5, 5.41) is 3.82. The second kappa shape index (κ2) is 9.68. The Morgan fingerprint density at radius 2 is 1.94 bits per heavy atom. The van der Waals surface area contributed by atoms with Gasteiger partial charge >= 0.3 is 6.18 Å². The van der Waals surface area contributed by atoms with Crippen LogP contribution in [-0.4, -0.2) is 21.5 Å². The molecule has 3 aromatic rings. The molecule has 1 N–H and O–H groups in total. The summed E-state index contributed by atoms with van der Waals surface area (Å²) in [7, 11) is 0. The van der Waals surface area contributed by atoms with Crippen LogP contribution < -0.4 is 5.32 Å². The summed E-state index contributed by atoms with van der Waals surface area (Å²) in [6.07, 6.45) is 2.62. The summed E-state index contributed by atoms with van der Waals surface area (Å²) in [6.45, 7) is 4.03. The van der Waals surface area contributed by atoms with Gasteiger partial charge < -0.3 is 5.32 Å². The van der Waals surface area contributed by atoms with Gasteiger partial charge in [0.2, 0.25) is 0 Å². The summed E-state index contributed by atoms with van der Waals surface area (Å²) in [5.41, 5.74) is 0.461. The van der Waals surface area contributed by atoms with Crippen molar-refractivity contribution in [1.29, 1.82) is 0 Å². The van der Waals surface area contributed by atoms with Gasteiger partial charge in [0.1, 0.15) is 18.0 Å². The molecule has 0 aliphatic rings. The van der Waals surface area contributed by atoms with Gasteiger partial charge in [-0.1, -0.05) is 25.1 Å². The zero-order valence-corrected chi connectivity index (χ0v) is 17.2. The first kappa shape index (κ1) is 22.4. The first-order valence-electron chi connectivity index (χ1n) is 9.87. The third kappa shape index (κ3) is 5.25. The number of hydrogen-bond acceptors (Lipinski definition) is 4. The molecule has 0 spiro atoms. The van der Waals surface area contributed by atoms with Gasteiger partial charge in [-0.3, -0.25) is 4.98 Å². The van der Waals surface area contributed by atoms with Crippen LogP contribution in [0.25, 0.3) is 22.2 Å². The van der Waals surface area contributed by atoms with Crippen molar-refractivity contribution in [3.63, 3.8) is 0 Å². The van der Waals surface area contributed by atoms with Crippen LogP contribution in [0.15, 0.2) is 66.4 Å². The van der Waals surface area contributed by atoms with Crippen molar-refractivity contribution >= 4 is 16.7 Å². The number of rotatable bonds is 7. The monoisotopic (exact) mass is 430 g/mol. The quantitative estimate of drug-likeness (QED) is 0.334. The maximum Gasteiger partial charge on any atom is 0.418 e. The fourth-order valence-corrected chi connectivity index (χ4v) is 3.28. The Hall–Kier alpha value is -3.29. The molecule has 31 heavy (non-hydrogen) atoms. The summed E-state index contributed by atoms with van der Waals surface area (Å²) in [5.74, 6) is 0.280. The molecule has 0 fully saturated rings. The first-order chi connectivity index (χ1) is 14.8. The molecule has 4 nitrogen and oxygen atoms in total. The summed E-state index contributed by atoms with van der Waals surface area (Å²) < 4.78 is 54.0. The van der Waals surface area contributed by atoms with E-state index in [-0.39, 0.29) is 11.5 Å². The number of aromatic nitrogens is 3. The van der Waals surface area contributed by atoms with Gasteiger partial charge in [-0.05, 0) is 49.6 Å². The molecule has 0 saturated carbocycles. The van der Waals surface area contributed by atoms with E-state index in [0.29, 0.717) is 40.8 Å². The second-order valence-corrected chi connectivity index (χ2v) is 6.80. The molecular weight excluding hydrogens is 408 g/mol. The number of anilines is 1. The lowest BCUT2D eigenvalue weighted by atomic mass is 10.0. The molecule has 0 unspecified atom stereocenters. The number of hydrogen-bond donors (Lipinski definition) is 1. The molecule has 0 radical (unpaired) electrons. The lowest BCUT2D eigenvalue weighted by Crippen LogP contribution is -2.08. The van der Waals surface area contributed by atoms with E-state index in [1.165, 1.54) is 24.7 Å². The zero-order valence-electron chi connectivity index (χ0n) is 17.2. The number of halogens is 4. The lowest BCUT2D eigenvalue weighted by Gasteiger charge is -2.13. The van der Waals surface area contributed by atoms with Crippen molar-refractivity contribution in [3.05, 3.63) is 72.0 Å². The van der Waals surface area contributed by atoms with Crippen LogP contribution in [0.1, 0.15) is 32.3 Å². The highest BCUT2D eigenvalue weighted by Crippen LogP contribution is 2.36. The minimum absolute atomic E-state index is 0.152. The third-order valence-electron chi connectivity index (χ3n) is 4.72. The van der Waals surface area contributed by atoms with Crippen molar-refractivity contribution < 1.29 is 17.6 Å². The molecule has 1 aromatic carbocycles. The standard InChI is InChI=1S/C23H22F4N4/c1-3-6-15(19(24)4-2)10-12-29-22-17-9-8-16(13-20(17)30-14-31-22)21-18(23(25,26)27)7-5-11-28-21/h4-9,11,13-14H,3,10,12H2,1-2H3,(H,29,30,31)/b15-6-,19-4+. The molecule has 0 aliphatic heterocycles. The minimum atomic E-state index is -4.51. The van der Waals surface area contributed by atoms with E-state index in [0.717, 1.165) is 12.5 Å². The van der Waals surface area contributed by atoms with E-state index in [1.807, 2.05) is 13.0 Å². The predicted octanol–water partition coefficient (Wildman–Crippen LogP) is 6.72. The van der Waals surface area contributed by atoms with Crippen molar-refractivity contribution in [2.75, 3.05) is 11.9 Å². The van der Waals surface area contributed by atoms with Crippen LogP contribution in [0.3, 0.4) is 0 Å². The largest absolute Gasteiger partial charge is 0.418 e. The van der Waals surface area contributed by atoms with Gasteiger partial charge in [-0.2, -0.15) is 13.2 Å². The van der Waals surface area contributed by atoms with Crippen LogP contribution in [0.2, 0.25) is 0 Å². The Labute approximate surface area is 177 Å². The molecular formula is C23H22F4N4. The minimum Gasteiger partial charge on any atom is -0.369 e. The maximum atomic E-state index is 13.9. The Morgan fingerprint density at radius 1 is 1.13 bits per heavy atom. The molecule has 162 valence electrons. The molecule has 0 aliphatic carbocycles. The van der Waals surface area contributed by atoms with Gasteiger partial charge in [0.05, 0.1) is 16.8 Å². The summed E-state index contributed by atoms with van der Waals surface area (Å²) in [6, 6.07) is 7.05. The second-order valence-electron chi connectivity index (χ2n) is 6.80. The third-order valence-corrected chi connectivity index (χ3v) is 4.72. The number of alkyl halides is 3. The average Bonchev–Trinajstić information content (AvgIpc) is 2.77. The van der Waals surface area contributed by atoms with Crippen molar-refractivity contribution in [2.45, 2.75) is 32.9 Å². The zero-order chi connectivity index (χ0) is 22.4. The Kier molecular flexibility index (Phi) is 6.99. The fraction of sp³-hybridized carbons (Fsp3) is 0.261. The van der Waals surface area contributed by atoms with Gasteiger partial charge in [0, 0.05) is 23.7 Å². The van der Waals surface area contributed by atoms with E-state index in [2.05, 4.69) is 20.3 Å². The number of allylic oxidation sites excluding steroid dienone is 3. The lowest BCUT2D eigenvalue weighted by molar-refractivity contribution is -0.137. The molecule has 2 aromatic heterocycles. The van der Waals surface area contributed by atoms with E-state index in [1.54, 1.807) is 25.1 Å². The highest BCUT2D eigenvalue weighted by Gasteiger charge is 2.34. The molecule has 8 heteroatoms. The van der Waals surface area contributed by atoms with Crippen molar-refractivity contribution in [1.82, 2.24) is 15.0 Å². The summed E-state index contributed by atoms with van der Waals surface area (Å²) in [4.78, 5) is 12.4. The average molecular weight is 430 g/mol. The topological polar surface area (TPSA) is 50.7 Å². The number of nitrogens with one attached hydrogen (secondary N) is 1. The molecule has 2 heterocycles. The normalized spacial score (nSPS) is 13.0. The van der Waals surface area contributed by atoms with Gasteiger partial charge in [0.25, 0.3) is 0 Å². The van der Waals surface area contributed by atoms with Gasteiger partial charge in [-0.25, -0.2) is 14.4 Å². The first-order valence-corrected chi connectivity index (χ1v) is 9.87. The maximum absolute atomic E-state index is 13.9. The number of nitrogens with zero attached hydrogens (tertiary/aromatic N) is 3. The highest BCUT2D eigenvalue weighted by atomic mass is 19.4. The van der Waals surface area contributed by atoms with E-state index in [9.17, 15) is 17.6 Å². The van der Waals surface area contributed by atoms with E-state index in [4.69, 9.17) is 0 Å². The van der Waals surface area contributed by atoms with Crippen LogP contribution in [0.5, 0.6) is 0 Å². The Balaban J connectivity index is 1.87. The summed E-state index contributed by atoms with van der Waals surface area (Å²) >= 11 is 0. The molecule has 0 atom stereocenters. The van der Waals surface area contributed by atoms with Crippen LogP contribution in [0, 0.1) is 0 Å². The SMILES string of the molecule is C/C=C(F)\C(=C/CC)CCNc1ncnc2cc(-c3ncccc3C(F)(F)F)ccc12. The predicted molar refractivity (Wildman–Crippen MR) is 114 cm³/mol. The molecule has 0 saturated heterocycles. The van der Waals surface area contributed by atoms with Gasteiger partial charge in [-0.15, -0.1) is 0 Å². The number of pyridine rings is 1. The number of fused-ring (bicyclic) bond motifs is 1. The van der Waals surface area contributed by atoms with Crippen LogP contribution >= 0.6 is 0 Å². The highest BCUT2D eigenvalue weighted by molar-refractivity contribution is 5.91.